The molecule has 1 aromatic heterocycles. The maximum Gasteiger partial charge on any atom is 0.248 e. The number of carbonyl (C=O) groups excluding carboxylic acids is 1. The van der Waals surface area contributed by atoms with Crippen molar-refractivity contribution < 1.29 is 13.2 Å². The van der Waals surface area contributed by atoms with Gasteiger partial charge in [-0.05, 0) is 37.8 Å². The molecular weight excluding hydrogens is 326 g/mol. The van der Waals surface area contributed by atoms with E-state index in [4.69, 9.17) is 0 Å². The van der Waals surface area contributed by atoms with Crippen LogP contribution in [0.5, 0.6) is 0 Å². The summed E-state index contributed by atoms with van der Waals surface area (Å²) in [6.45, 7) is 1.96. The number of allylic oxidation sites excluding steroid dienone is 1. The smallest absolute Gasteiger partial charge is 0.248 e. The van der Waals surface area contributed by atoms with E-state index in [2.05, 4.69) is 10.4 Å². The first-order valence-corrected chi connectivity index (χ1v) is 9.57. The molecule has 0 aliphatic heterocycles. The fourth-order valence-corrected chi connectivity index (χ4v) is 3.39. The average molecular weight is 345 g/mol. The molecule has 1 saturated carbocycles. The molecule has 24 heavy (non-hydrogen) atoms. The summed E-state index contributed by atoms with van der Waals surface area (Å²) in [5.74, 6) is 0.343. The van der Waals surface area contributed by atoms with Gasteiger partial charge >= 0.3 is 0 Å². The van der Waals surface area contributed by atoms with Gasteiger partial charge in [-0.3, -0.25) is 4.79 Å². The lowest BCUT2D eigenvalue weighted by Gasteiger charge is -2.07. The van der Waals surface area contributed by atoms with E-state index >= 15 is 0 Å². The summed E-state index contributed by atoms with van der Waals surface area (Å²) in [4.78, 5) is 12.2. The maximum atomic E-state index is 12.0. The molecule has 0 radical (unpaired) electrons. The third-order valence-corrected chi connectivity index (χ3v) is 5.09. The average Bonchev–Trinajstić information content (AvgIpc) is 3.27. The highest BCUT2D eigenvalue weighted by molar-refractivity contribution is 7.90. The Hall–Kier alpha value is -2.41. The van der Waals surface area contributed by atoms with Gasteiger partial charge in [0.15, 0.2) is 9.84 Å². The van der Waals surface area contributed by atoms with Crippen molar-refractivity contribution in [3.05, 3.63) is 48.3 Å². The van der Waals surface area contributed by atoms with E-state index in [0.717, 1.165) is 24.7 Å². The molecule has 1 heterocycles. The summed E-state index contributed by atoms with van der Waals surface area (Å²) >= 11 is 0. The second-order valence-electron chi connectivity index (χ2n) is 6.07. The molecule has 1 amide bonds. The Labute approximate surface area is 141 Å². The van der Waals surface area contributed by atoms with Crippen molar-refractivity contribution in [2.75, 3.05) is 11.6 Å². The topological polar surface area (TPSA) is 81.1 Å². The lowest BCUT2D eigenvalue weighted by atomic mass is 10.2. The molecule has 0 spiro atoms. The molecule has 6 nitrogen and oxygen atoms in total. The van der Waals surface area contributed by atoms with Gasteiger partial charge in [0.2, 0.25) is 5.91 Å². The van der Waals surface area contributed by atoms with Crippen LogP contribution in [0.3, 0.4) is 0 Å². The molecule has 1 aliphatic carbocycles. The van der Waals surface area contributed by atoms with Gasteiger partial charge in [-0.25, -0.2) is 13.1 Å². The largest absolute Gasteiger partial charge is 0.320 e. The minimum atomic E-state index is -3.37. The van der Waals surface area contributed by atoms with Gasteiger partial charge < -0.3 is 5.32 Å². The quantitative estimate of drug-likeness (QED) is 0.845. The Balaban J connectivity index is 1.82. The highest BCUT2D eigenvalue weighted by Gasteiger charge is 2.23. The van der Waals surface area contributed by atoms with Crippen molar-refractivity contribution in [1.82, 2.24) is 9.78 Å². The number of carbonyl (C=O) groups is 1. The van der Waals surface area contributed by atoms with E-state index in [0.29, 0.717) is 17.3 Å². The summed E-state index contributed by atoms with van der Waals surface area (Å²) in [6, 6.07) is 6.61. The second kappa shape index (κ2) is 6.24. The first kappa shape index (κ1) is 16.4. The highest BCUT2D eigenvalue weighted by Crippen LogP contribution is 2.35. The highest BCUT2D eigenvalue weighted by atomic mass is 32.2. The molecule has 126 valence electrons. The molecule has 1 aliphatic rings. The van der Waals surface area contributed by atoms with Crippen molar-refractivity contribution in [3.63, 3.8) is 0 Å². The second-order valence-corrected chi connectivity index (χ2v) is 8.05. The van der Waals surface area contributed by atoms with Crippen LogP contribution in [0.2, 0.25) is 0 Å². The van der Waals surface area contributed by atoms with Crippen molar-refractivity contribution in [2.24, 2.45) is 5.92 Å². The standard InChI is InChI=1S/C17H19N3O3S/c1-12(13-7-8-13)9-17(21)19-14-10-18-20(11-14)15-5-3-4-6-16(15)24(2,22)23/h3-6,9-11,13H,7-8H2,1-2H3,(H,19,21)/b12-9+. The van der Waals surface area contributed by atoms with E-state index in [9.17, 15) is 13.2 Å². The van der Waals surface area contributed by atoms with Gasteiger partial charge in [-0.2, -0.15) is 5.10 Å². The number of hydrogen-bond donors (Lipinski definition) is 1. The predicted octanol–water partition coefficient (Wildman–Crippen LogP) is 2.57. The van der Waals surface area contributed by atoms with Crippen molar-refractivity contribution in [3.8, 4) is 5.69 Å². The van der Waals surface area contributed by atoms with Gasteiger partial charge in [0.25, 0.3) is 0 Å². The minimum Gasteiger partial charge on any atom is -0.320 e. The van der Waals surface area contributed by atoms with Crippen molar-refractivity contribution in [1.29, 1.82) is 0 Å². The zero-order chi connectivity index (χ0) is 17.3. The zero-order valence-corrected chi connectivity index (χ0v) is 14.4. The molecule has 0 atom stereocenters. The molecule has 1 aromatic carbocycles. The van der Waals surface area contributed by atoms with Gasteiger partial charge in [0.1, 0.15) is 0 Å². The van der Waals surface area contributed by atoms with Crippen LogP contribution >= 0.6 is 0 Å². The van der Waals surface area contributed by atoms with Gasteiger partial charge in [-0.15, -0.1) is 0 Å². The number of hydrogen-bond acceptors (Lipinski definition) is 4. The van der Waals surface area contributed by atoms with E-state index in [-0.39, 0.29) is 10.8 Å². The van der Waals surface area contributed by atoms with E-state index in [1.54, 1.807) is 30.5 Å². The summed E-state index contributed by atoms with van der Waals surface area (Å²) in [6.07, 6.45) is 8.16. The number of nitrogens with zero attached hydrogens (tertiary/aromatic N) is 2. The van der Waals surface area contributed by atoms with Crippen LogP contribution in [0.4, 0.5) is 5.69 Å². The molecule has 1 fully saturated rings. The monoisotopic (exact) mass is 345 g/mol. The summed E-state index contributed by atoms with van der Waals surface area (Å²) in [5, 5.41) is 6.91. The summed E-state index contributed by atoms with van der Waals surface area (Å²) in [5.41, 5.74) is 2.05. The molecule has 0 bridgehead atoms. The number of rotatable bonds is 5. The van der Waals surface area contributed by atoms with Crippen LogP contribution in [-0.4, -0.2) is 30.4 Å². The van der Waals surface area contributed by atoms with Gasteiger partial charge in [0.05, 0.1) is 28.7 Å². The predicted molar refractivity (Wildman–Crippen MR) is 91.8 cm³/mol. The molecule has 0 unspecified atom stereocenters. The number of benzene rings is 1. The lowest BCUT2D eigenvalue weighted by molar-refractivity contribution is -0.112. The van der Waals surface area contributed by atoms with Crippen LogP contribution in [0.15, 0.2) is 53.2 Å². The van der Waals surface area contributed by atoms with E-state index < -0.39 is 9.84 Å². The number of amides is 1. The molecular formula is C17H19N3O3S. The van der Waals surface area contributed by atoms with Crippen molar-refractivity contribution >= 4 is 21.4 Å². The molecule has 1 N–H and O–H groups in total. The molecule has 2 aromatic rings. The van der Waals surface area contributed by atoms with Crippen LogP contribution in [-0.2, 0) is 14.6 Å². The maximum absolute atomic E-state index is 12.0. The van der Waals surface area contributed by atoms with Crippen LogP contribution in [0, 0.1) is 5.92 Å². The first-order chi connectivity index (χ1) is 11.3. The zero-order valence-electron chi connectivity index (χ0n) is 13.6. The first-order valence-electron chi connectivity index (χ1n) is 7.68. The lowest BCUT2D eigenvalue weighted by Crippen LogP contribution is -2.08. The fraction of sp³-hybridized carbons (Fsp3) is 0.294. The minimum absolute atomic E-state index is 0.190. The third kappa shape index (κ3) is 3.73. The van der Waals surface area contributed by atoms with Crippen LogP contribution in [0.1, 0.15) is 19.8 Å². The molecule has 0 saturated heterocycles. The van der Waals surface area contributed by atoms with Gasteiger partial charge in [0, 0.05) is 12.3 Å². The van der Waals surface area contributed by atoms with Crippen molar-refractivity contribution in [2.45, 2.75) is 24.7 Å². The van der Waals surface area contributed by atoms with Gasteiger partial charge in [-0.1, -0.05) is 17.7 Å². The fourth-order valence-electron chi connectivity index (χ4n) is 2.52. The SMILES string of the molecule is C/C(=C\C(=O)Nc1cnn(-c2ccccc2S(C)(=O)=O)c1)C1CC1. The Kier molecular flexibility index (Phi) is 4.28. The molecule has 3 rings (SSSR count). The number of nitrogens with one attached hydrogen (secondary N) is 1. The molecule has 7 heteroatoms. The Bertz CT molecular complexity index is 909. The van der Waals surface area contributed by atoms with Crippen LogP contribution in [0.25, 0.3) is 5.69 Å². The number of para-hydroxylation sites is 1. The normalized spacial score (nSPS) is 15.3. The Morgan fingerprint density at radius 2 is 2.04 bits per heavy atom. The number of anilines is 1. The number of aromatic nitrogens is 2. The van der Waals surface area contributed by atoms with E-state index in [1.807, 2.05) is 6.92 Å². The number of sulfone groups is 1. The Morgan fingerprint density at radius 3 is 2.71 bits per heavy atom. The van der Waals surface area contributed by atoms with Crippen LogP contribution < -0.4 is 5.32 Å². The Morgan fingerprint density at radius 1 is 1.33 bits per heavy atom. The summed E-state index contributed by atoms with van der Waals surface area (Å²) < 4.78 is 25.2. The van der Waals surface area contributed by atoms with E-state index in [1.165, 1.54) is 16.9 Å². The summed E-state index contributed by atoms with van der Waals surface area (Å²) in [7, 11) is -3.37. The third-order valence-electron chi connectivity index (χ3n) is 3.94.